The average Bonchev–Trinajstić information content (AvgIpc) is 3.66. The van der Waals surface area contributed by atoms with Gasteiger partial charge in [-0.1, -0.05) is 18.2 Å². The molecule has 2 aliphatic rings. The molecule has 2 amide bonds. The molecule has 1 aliphatic heterocycles. The number of pyridine rings is 1. The number of aromatic nitrogens is 4. The van der Waals surface area contributed by atoms with Gasteiger partial charge in [0.1, 0.15) is 28.7 Å². The van der Waals surface area contributed by atoms with Crippen LogP contribution in [0, 0.1) is 5.92 Å². The quantitative estimate of drug-likeness (QED) is 0.395. The molecule has 4 heterocycles. The number of hydrogen-bond donors (Lipinski definition) is 2. The van der Waals surface area contributed by atoms with E-state index in [0.29, 0.717) is 36.1 Å². The van der Waals surface area contributed by atoms with Crippen molar-refractivity contribution in [2.24, 2.45) is 5.92 Å². The third kappa shape index (κ3) is 4.71. The maximum atomic E-state index is 13.0. The Morgan fingerprint density at radius 1 is 1.03 bits per heavy atom. The summed E-state index contributed by atoms with van der Waals surface area (Å²) in [6.45, 7) is 2.80. The predicted octanol–water partition coefficient (Wildman–Crippen LogP) is 4.52. The first-order valence-corrected chi connectivity index (χ1v) is 13.2. The van der Waals surface area contributed by atoms with Crippen LogP contribution in [-0.4, -0.2) is 48.7 Å². The zero-order chi connectivity index (χ0) is 26.2. The molecule has 1 saturated carbocycles. The molecule has 0 radical (unpaired) electrons. The number of anilines is 2. The number of benzene rings is 1. The highest BCUT2D eigenvalue weighted by Crippen LogP contribution is 2.37. The maximum absolute atomic E-state index is 13.0. The van der Waals surface area contributed by atoms with Gasteiger partial charge < -0.3 is 16.0 Å². The molecule has 2 atom stereocenters. The van der Waals surface area contributed by atoms with Crippen LogP contribution in [0.25, 0.3) is 16.8 Å². The van der Waals surface area contributed by atoms with Crippen LogP contribution in [0.15, 0.2) is 61.1 Å². The second kappa shape index (κ2) is 9.89. The number of imidazole rings is 1. The number of amides is 2. The highest BCUT2D eigenvalue weighted by Gasteiger charge is 2.35. The fourth-order valence-corrected chi connectivity index (χ4v) is 5.33. The summed E-state index contributed by atoms with van der Waals surface area (Å²) in [6.07, 6.45) is 10.1. The number of carbonyl (C=O) groups excluding carboxylic acids is 2. The number of fused-ring (bicyclic) bond motifs is 1. The monoisotopic (exact) mass is 509 g/mol. The van der Waals surface area contributed by atoms with E-state index in [9.17, 15) is 9.59 Å². The Bertz CT molecular complexity index is 1480. The van der Waals surface area contributed by atoms with Gasteiger partial charge in [0.25, 0.3) is 5.91 Å². The summed E-state index contributed by atoms with van der Waals surface area (Å²) >= 11 is 0. The fraction of sp³-hybridized carbons (Fsp3) is 0.345. The Morgan fingerprint density at radius 3 is 2.58 bits per heavy atom. The third-order valence-electron chi connectivity index (χ3n) is 7.67. The zero-order valence-corrected chi connectivity index (χ0v) is 21.4. The number of nitrogens with two attached hydrogens (primary N) is 1. The highest BCUT2D eigenvalue weighted by molar-refractivity contribution is 6.04. The molecule has 4 aromatic rings. The average molecular weight is 510 g/mol. The lowest BCUT2D eigenvalue weighted by atomic mass is 9.92. The van der Waals surface area contributed by atoms with Crippen molar-refractivity contribution in [3.8, 4) is 11.3 Å². The van der Waals surface area contributed by atoms with Crippen molar-refractivity contribution >= 4 is 29.0 Å². The van der Waals surface area contributed by atoms with Gasteiger partial charge in [-0.05, 0) is 62.8 Å². The molecule has 9 heteroatoms. The molecular formula is C29H31N7O2. The first-order chi connectivity index (χ1) is 18.5. The molecule has 0 spiro atoms. The van der Waals surface area contributed by atoms with Crippen molar-refractivity contribution in [1.29, 1.82) is 0 Å². The first-order valence-electron chi connectivity index (χ1n) is 13.2. The molecule has 0 unspecified atom stereocenters. The summed E-state index contributed by atoms with van der Waals surface area (Å²) in [4.78, 5) is 41.3. The highest BCUT2D eigenvalue weighted by atomic mass is 16.2. The first kappa shape index (κ1) is 24.1. The number of nitrogens with one attached hydrogen (secondary N) is 1. The summed E-state index contributed by atoms with van der Waals surface area (Å²) in [7, 11) is 0. The van der Waals surface area contributed by atoms with Crippen LogP contribution in [0.1, 0.15) is 61.1 Å². The lowest BCUT2D eigenvalue weighted by Gasteiger charge is -2.37. The van der Waals surface area contributed by atoms with Crippen molar-refractivity contribution in [1.82, 2.24) is 24.3 Å². The van der Waals surface area contributed by atoms with Crippen LogP contribution in [0.4, 0.5) is 11.6 Å². The van der Waals surface area contributed by atoms with Gasteiger partial charge in [-0.2, -0.15) is 0 Å². The Kier molecular flexibility index (Phi) is 6.27. The fourth-order valence-electron chi connectivity index (χ4n) is 5.33. The van der Waals surface area contributed by atoms with Crippen molar-refractivity contribution in [3.63, 3.8) is 0 Å². The molecule has 9 nitrogen and oxygen atoms in total. The van der Waals surface area contributed by atoms with Crippen molar-refractivity contribution in [2.75, 3.05) is 17.6 Å². The van der Waals surface area contributed by atoms with E-state index in [1.165, 1.54) is 12.8 Å². The lowest BCUT2D eigenvalue weighted by molar-refractivity contribution is -0.135. The van der Waals surface area contributed by atoms with Crippen LogP contribution in [0.5, 0.6) is 0 Å². The van der Waals surface area contributed by atoms with E-state index in [2.05, 4.69) is 22.2 Å². The maximum Gasteiger partial charge on any atom is 0.256 e. The minimum absolute atomic E-state index is 0.0980. The van der Waals surface area contributed by atoms with Gasteiger partial charge in [0, 0.05) is 54.6 Å². The largest absolute Gasteiger partial charge is 0.382 e. The van der Waals surface area contributed by atoms with Gasteiger partial charge in [-0.25, -0.2) is 15.0 Å². The van der Waals surface area contributed by atoms with Crippen LogP contribution < -0.4 is 11.1 Å². The van der Waals surface area contributed by atoms with Crippen molar-refractivity contribution in [2.45, 2.75) is 51.0 Å². The minimum Gasteiger partial charge on any atom is -0.382 e. The van der Waals surface area contributed by atoms with Crippen LogP contribution in [-0.2, 0) is 4.79 Å². The topological polar surface area (TPSA) is 119 Å². The summed E-state index contributed by atoms with van der Waals surface area (Å²) in [5.74, 6) is 2.46. The van der Waals surface area contributed by atoms with E-state index in [-0.39, 0.29) is 23.8 Å². The van der Waals surface area contributed by atoms with E-state index in [0.717, 1.165) is 35.4 Å². The number of piperidine rings is 1. The van der Waals surface area contributed by atoms with Gasteiger partial charge in [-0.15, -0.1) is 0 Å². The van der Waals surface area contributed by atoms with E-state index in [4.69, 9.17) is 10.7 Å². The molecule has 1 aliphatic carbocycles. The molecule has 0 bridgehead atoms. The summed E-state index contributed by atoms with van der Waals surface area (Å²) in [5.41, 5.74) is 9.17. The van der Waals surface area contributed by atoms with Crippen LogP contribution >= 0.6 is 0 Å². The molecule has 1 saturated heterocycles. The van der Waals surface area contributed by atoms with E-state index < -0.39 is 0 Å². The predicted molar refractivity (Wildman–Crippen MR) is 146 cm³/mol. The number of nitrogen functional groups attached to an aromatic ring is 1. The molecule has 194 valence electrons. The van der Waals surface area contributed by atoms with Crippen LogP contribution in [0.2, 0.25) is 0 Å². The number of nitrogens with zero attached hydrogens (tertiary/aromatic N) is 5. The molecule has 38 heavy (non-hydrogen) atoms. The third-order valence-corrected chi connectivity index (χ3v) is 7.67. The lowest BCUT2D eigenvalue weighted by Crippen LogP contribution is -2.45. The number of rotatable bonds is 6. The normalized spacial score (nSPS) is 19.4. The van der Waals surface area contributed by atoms with E-state index in [1.54, 1.807) is 36.7 Å². The van der Waals surface area contributed by atoms with E-state index >= 15 is 0 Å². The Labute approximate surface area is 221 Å². The Balaban J connectivity index is 1.29. The Morgan fingerprint density at radius 2 is 1.84 bits per heavy atom. The van der Waals surface area contributed by atoms with Crippen molar-refractivity contribution < 1.29 is 9.59 Å². The number of likely N-dealkylation sites (tertiary alicyclic amines) is 1. The zero-order valence-electron chi connectivity index (χ0n) is 21.4. The number of carbonyl (C=O) groups is 2. The van der Waals surface area contributed by atoms with Gasteiger partial charge in [0.05, 0.1) is 0 Å². The second-order valence-corrected chi connectivity index (χ2v) is 10.4. The molecule has 1 aromatic carbocycles. The Hall–Kier alpha value is -4.27. The molecular weight excluding hydrogens is 478 g/mol. The second-order valence-electron chi connectivity index (χ2n) is 10.4. The molecule has 2 fully saturated rings. The summed E-state index contributed by atoms with van der Waals surface area (Å²) < 4.78 is 2.02. The molecule has 3 aromatic heterocycles. The van der Waals surface area contributed by atoms with Gasteiger partial charge in [0.2, 0.25) is 5.91 Å². The van der Waals surface area contributed by atoms with Crippen LogP contribution in [0.3, 0.4) is 0 Å². The van der Waals surface area contributed by atoms with E-state index in [1.807, 2.05) is 33.7 Å². The summed E-state index contributed by atoms with van der Waals surface area (Å²) in [6, 6.07) is 12.9. The smallest absolute Gasteiger partial charge is 0.256 e. The molecule has 6 rings (SSSR count). The minimum atomic E-state index is -0.237. The molecule has 3 N–H and O–H groups in total. The number of hydrogen-bond acceptors (Lipinski definition) is 6. The van der Waals surface area contributed by atoms with Gasteiger partial charge in [0.15, 0.2) is 0 Å². The SMILES string of the molecule is C[C@H]1CC[C@@H](c2nc(-c3ccc(C(=O)Nc4ccccn4)cc3)c3c(N)nccn23)CN1C(=O)CC1CC1. The van der Waals surface area contributed by atoms with Gasteiger partial charge in [-0.3, -0.25) is 14.0 Å². The standard InChI is InChI=1S/C29H31N7O2/c1-18-5-8-22(17-36(18)24(37)16-19-6-7-19)28-34-25(26-27(30)32-14-15-35(26)28)20-9-11-21(12-10-20)29(38)33-23-4-2-3-13-31-23/h2-4,9-15,18-19,22H,5-8,16-17H2,1H3,(H2,30,32)(H,31,33,38)/t18-,22+/m0/s1. The van der Waals surface area contributed by atoms with Gasteiger partial charge >= 0.3 is 0 Å². The summed E-state index contributed by atoms with van der Waals surface area (Å²) in [5, 5.41) is 2.80. The van der Waals surface area contributed by atoms with Crippen molar-refractivity contribution in [3.05, 3.63) is 72.4 Å².